The third-order valence-corrected chi connectivity index (χ3v) is 5.18. The quantitative estimate of drug-likeness (QED) is 0.760. The van der Waals surface area contributed by atoms with Crippen LogP contribution in [0.1, 0.15) is 24.0 Å². The minimum atomic E-state index is -3.39. The second-order valence-electron chi connectivity index (χ2n) is 4.79. The first-order chi connectivity index (χ1) is 9.08. The molecule has 0 aromatic heterocycles. The summed E-state index contributed by atoms with van der Waals surface area (Å²) in [5.74, 6) is -0.0448. The van der Waals surface area contributed by atoms with Gasteiger partial charge in [0.1, 0.15) is 0 Å². The highest BCUT2D eigenvalue weighted by Crippen LogP contribution is 2.30. The predicted molar refractivity (Wildman–Crippen MR) is 73.8 cm³/mol. The molecule has 0 saturated heterocycles. The van der Waals surface area contributed by atoms with Crippen LogP contribution in [0.4, 0.5) is 0 Å². The molecular formula is C13H20N2O3S. The summed E-state index contributed by atoms with van der Waals surface area (Å²) in [5, 5.41) is 9.02. The van der Waals surface area contributed by atoms with Crippen molar-refractivity contribution in [3.63, 3.8) is 0 Å². The van der Waals surface area contributed by atoms with Gasteiger partial charge in [0.2, 0.25) is 10.0 Å². The molecule has 0 bridgehead atoms. The van der Waals surface area contributed by atoms with Gasteiger partial charge in [0.25, 0.3) is 0 Å². The smallest absolute Gasteiger partial charge is 0.218 e. The van der Waals surface area contributed by atoms with Gasteiger partial charge in [-0.2, -0.15) is 4.31 Å². The molecule has 19 heavy (non-hydrogen) atoms. The molecule has 1 aliphatic carbocycles. The van der Waals surface area contributed by atoms with Gasteiger partial charge in [-0.1, -0.05) is 24.3 Å². The molecular weight excluding hydrogens is 264 g/mol. The van der Waals surface area contributed by atoms with Gasteiger partial charge in [-0.3, -0.25) is 0 Å². The molecule has 3 N–H and O–H groups in total. The highest BCUT2D eigenvalue weighted by Gasteiger charge is 2.36. The fourth-order valence-electron chi connectivity index (χ4n) is 2.19. The van der Waals surface area contributed by atoms with E-state index in [1.807, 2.05) is 18.2 Å². The Balaban J connectivity index is 2.19. The van der Waals surface area contributed by atoms with Gasteiger partial charge in [0, 0.05) is 19.1 Å². The van der Waals surface area contributed by atoms with Crippen LogP contribution in [0.5, 0.6) is 0 Å². The first-order valence-corrected chi connectivity index (χ1v) is 8.06. The molecule has 1 aromatic rings. The van der Waals surface area contributed by atoms with E-state index in [0.29, 0.717) is 6.54 Å². The van der Waals surface area contributed by atoms with Crippen LogP contribution in [0.2, 0.25) is 0 Å². The lowest BCUT2D eigenvalue weighted by Crippen LogP contribution is -2.36. The zero-order chi connectivity index (χ0) is 13.9. The van der Waals surface area contributed by atoms with Crippen LogP contribution >= 0.6 is 0 Å². The lowest BCUT2D eigenvalue weighted by atomic mass is 10.1. The number of nitrogens with two attached hydrogens (primary N) is 1. The Labute approximate surface area is 114 Å². The molecule has 1 aliphatic rings. The van der Waals surface area contributed by atoms with E-state index in [0.717, 1.165) is 24.0 Å². The van der Waals surface area contributed by atoms with Crippen LogP contribution in [-0.2, 0) is 22.3 Å². The van der Waals surface area contributed by atoms with Crippen molar-refractivity contribution in [2.24, 2.45) is 5.73 Å². The van der Waals surface area contributed by atoms with Crippen molar-refractivity contribution in [2.75, 3.05) is 13.2 Å². The Kier molecular flexibility index (Phi) is 4.57. The molecule has 1 saturated carbocycles. The predicted octanol–water partition coefficient (Wildman–Crippen LogP) is 0.432. The van der Waals surface area contributed by atoms with Crippen LogP contribution in [0.25, 0.3) is 0 Å². The highest BCUT2D eigenvalue weighted by atomic mass is 32.2. The Bertz CT molecular complexity index is 526. The van der Waals surface area contributed by atoms with Gasteiger partial charge in [0.15, 0.2) is 0 Å². The summed E-state index contributed by atoms with van der Waals surface area (Å²) in [4.78, 5) is 0. The van der Waals surface area contributed by atoms with Gasteiger partial charge < -0.3 is 10.8 Å². The van der Waals surface area contributed by atoms with E-state index in [-0.39, 0.29) is 24.9 Å². The van der Waals surface area contributed by atoms with Crippen LogP contribution in [-0.4, -0.2) is 37.0 Å². The molecule has 0 amide bonds. The number of benzene rings is 1. The second kappa shape index (κ2) is 6.00. The Hall–Kier alpha value is -0.950. The summed E-state index contributed by atoms with van der Waals surface area (Å²) in [5.41, 5.74) is 7.22. The minimum Gasteiger partial charge on any atom is -0.395 e. The number of hydrogen-bond donors (Lipinski definition) is 2. The molecule has 0 radical (unpaired) electrons. The maximum atomic E-state index is 12.4. The molecule has 0 atom stereocenters. The van der Waals surface area contributed by atoms with Crippen LogP contribution < -0.4 is 5.73 Å². The van der Waals surface area contributed by atoms with E-state index in [1.165, 1.54) is 4.31 Å². The van der Waals surface area contributed by atoms with E-state index < -0.39 is 10.0 Å². The number of sulfonamides is 1. The van der Waals surface area contributed by atoms with Crippen molar-refractivity contribution < 1.29 is 13.5 Å². The zero-order valence-corrected chi connectivity index (χ0v) is 11.6. The summed E-state index contributed by atoms with van der Waals surface area (Å²) in [6, 6.07) is 7.38. The molecule has 0 heterocycles. The fraction of sp³-hybridized carbons (Fsp3) is 0.538. The van der Waals surface area contributed by atoms with Crippen LogP contribution in [0.3, 0.4) is 0 Å². The summed E-state index contributed by atoms with van der Waals surface area (Å²) < 4.78 is 26.3. The van der Waals surface area contributed by atoms with Gasteiger partial charge in [-0.15, -0.1) is 0 Å². The topological polar surface area (TPSA) is 83.6 Å². The third-order valence-electron chi connectivity index (χ3n) is 3.31. The van der Waals surface area contributed by atoms with Gasteiger partial charge in [-0.25, -0.2) is 8.42 Å². The van der Waals surface area contributed by atoms with E-state index in [4.69, 9.17) is 10.8 Å². The first-order valence-electron chi connectivity index (χ1n) is 6.45. The average Bonchev–Trinajstić information content (AvgIpc) is 3.20. The van der Waals surface area contributed by atoms with Crippen molar-refractivity contribution in [3.05, 3.63) is 35.4 Å². The number of nitrogens with zero attached hydrogens (tertiary/aromatic N) is 1. The molecule has 106 valence electrons. The standard InChI is InChI=1S/C13H20N2O3S/c14-9-11-3-1-2-4-12(11)10-19(17,18)15(7-8-16)13-5-6-13/h1-4,13,16H,5-10,14H2. The number of aliphatic hydroxyl groups excluding tert-OH is 1. The summed E-state index contributed by atoms with van der Waals surface area (Å²) in [7, 11) is -3.39. The van der Waals surface area contributed by atoms with E-state index in [1.54, 1.807) is 6.07 Å². The number of rotatable bonds is 7. The molecule has 0 spiro atoms. The summed E-state index contributed by atoms with van der Waals surface area (Å²) in [6.07, 6.45) is 1.77. The molecule has 1 aromatic carbocycles. The normalized spacial score (nSPS) is 15.9. The number of hydrogen-bond acceptors (Lipinski definition) is 4. The minimum absolute atomic E-state index is 0.0448. The molecule has 0 unspecified atom stereocenters. The van der Waals surface area contributed by atoms with Gasteiger partial charge >= 0.3 is 0 Å². The lowest BCUT2D eigenvalue weighted by Gasteiger charge is -2.21. The molecule has 2 rings (SSSR count). The van der Waals surface area contributed by atoms with Crippen LogP contribution in [0, 0.1) is 0 Å². The zero-order valence-electron chi connectivity index (χ0n) is 10.8. The second-order valence-corrected chi connectivity index (χ2v) is 6.72. The maximum absolute atomic E-state index is 12.4. The fourth-order valence-corrected chi connectivity index (χ4v) is 4.05. The van der Waals surface area contributed by atoms with E-state index in [2.05, 4.69) is 0 Å². The SMILES string of the molecule is NCc1ccccc1CS(=O)(=O)N(CCO)C1CC1. The highest BCUT2D eigenvalue weighted by molar-refractivity contribution is 7.88. The monoisotopic (exact) mass is 284 g/mol. The van der Waals surface area contributed by atoms with Crippen LogP contribution in [0.15, 0.2) is 24.3 Å². The summed E-state index contributed by atoms with van der Waals surface area (Å²) >= 11 is 0. The van der Waals surface area contributed by atoms with Crippen molar-refractivity contribution in [3.8, 4) is 0 Å². The maximum Gasteiger partial charge on any atom is 0.218 e. The van der Waals surface area contributed by atoms with Crippen molar-refractivity contribution in [1.82, 2.24) is 4.31 Å². The number of aliphatic hydroxyl groups is 1. The van der Waals surface area contributed by atoms with Crippen molar-refractivity contribution in [2.45, 2.75) is 31.2 Å². The summed E-state index contributed by atoms with van der Waals surface area (Å²) in [6.45, 7) is 0.362. The van der Waals surface area contributed by atoms with E-state index >= 15 is 0 Å². The molecule has 1 fully saturated rings. The lowest BCUT2D eigenvalue weighted by molar-refractivity contribution is 0.250. The third kappa shape index (κ3) is 3.54. The first kappa shape index (κ1) is 14.5. The molecule has 5 nitrogen and oxygen atoms in total. The van der Waals surface area contributed by atoms with Crippen molar-refractivity contribution in [1.29, 1.82) is 0 Å². The van der Waals surface area contributed by atoms with E-state index in [9.17, 15) is 8.42 Å². The Morgan fingerprint density at radius 1 is 1.26 bits per heavy atom. The van der Waals surface area contributed by atoms with Gasteiger partial charge in [-0.05, 0) is 24.0 Å². The average molecular weight is 284 g/mol. The Morgan fingerprint density at radius 3 is 2.42 bits per heavy atom. The largest absolute Gasteiger partial charge is 0.395 e. The Morgan fingerprint density at radius 2 is 1.89 bits per heavy atom. The van der Waals surface area contributed by atoms with Crippen molar-refractivity contribution >= 4 is 10.0 Å². The molecule has 0 aliphatic heterocycles. The molecule has 6 heteroatoms. The van der Waals surface area contributed by atoms with Gasteiger partial charge in [0.05, 0.1) is 12.4 Å².